The number of anilines is 2. The minimum absolute atomic E-state index is 0.000369. The van der Waals surface area contributed by atoms with E-state index in [0.29, 0.717) is 11.1 Å². The number of aromatic nitrogens is 4. The van der Waals surface area contributed by atoms with Crippen molar-refractivity contribution in [2.24, 2.45) is 0 Å². The molecule has 2 unspecified atom stereocenters. The molecule has 6 N–H and O–H groups in total. The van der Waals surface area contributed by atoms with E-state index in [1.54, 1.807) is 50.5 Å². The zero-order chi connectivity index (χ0) is 46.3. The van der Waals surface area contributed by atoms with E-state index in [-0.39, 0.29) is 63.9 Å². The van der Waals surface area contributed by atoms with E-state index in [1.165, 1.54) is 0 Å². The molecule has 8 aromatic rings. The van der Waals surface area contributed by atoms with Crippen LogP contribution in [0.25, 0.3) is 22.5 Å². The molecule has 0 saturated heterocycles. The molecular formula is C53H46Cl2N6O5. The van der Waals surface area contributed by atoms with Crippen molar-refractivity contribution in [3.63, 3.8) is 0 Å². The van der Waals surface area contributed by atoms with Gasteiger partial charge in [0, 0.05) is 46.5 Å². The monoisotopic (exact) mass is 916 g/mol. The number of ketones is 1. The van der Waals surface area contributed by atoms with Gasteiger partial charge in [-0.3, -0.25) is 4.79 Å². The van der Waals surface area contributed by atoms with Gasteiger partial charge in [-0.2, -0.15) is 0 Å². The van der Waals surface area contributed by atoms with Gasteiger partial charge in [0.15, 0.2) is 0 Å². The lowest BCUT2D eigenvalue weighted by Gasteiger charge is -2.21. The molecule has 66 heavy (non-hydrogen) atoms. The molecule has 0 aliphatic carbocycles. The van der Waals surface area contributed by atoms with E-state index in [0.717, 1.165) is 68.7 Å². The molecule has 0 saturated carbocycles. The van der Waals surface area contributed by atoms with Crippen LogP contribution in [0.5, 0.6) is 23.0 Å². The summed E-state index contributed by atoms with van der Waals surface area (Å²) in [5.74, 6) is -1.29. The van der Waals surface area contributed by atoms with Gasteiger partial charge < -0.3 is 31.2 Å². The molecule has 0 bridgehead atoms. The summed E-state index contributed by atoms with van der Waals surface area (Å²) < 4.78 is 12.0. The third kappa shape index (κ3) is 10.6. The van der Waals surface area contributed by atoms with Crippen molar-refractivity contribution in [1.82, 2.24) is 19.9 Å². The van der Waals surface area contributed by atoms with Crippen molar-refractivity contribution in [1.29, 1.82) is 0 Å². The SMILES string of the molecule is CC(C(=O)C(C)c1ccc(OCc2ccc(Cc3cccc(-c4ccnc(N)n4)c3)cc2)c(Cl)c1O)c1ccc(OCc2ccc(Cc3cccc(-c4ccnc(N)n4)c3)cc2)c(Cl)c1O. The predicted molar refractivity (Wildman–Crippen MR) is 259 cm³/mol. The molecule has 0 aliphatic heterocycles. The fraction of sp³-hybridized carbons (Fsp3) is 0.151. The Morgan fingerprint density at radius 2 is 0.939 bits per heavy atom. The van der Waals surface area contributed by atoms with Gasteiger partial charge in [-0.15, -0.1) is 0 Å². The maximum absolute atomic E-state index is 13.8. The van der Waals surface area contributed by atoms with Crippen molar-refractivity contribution in [2.45, 2.75) is 51.7 Å². The number of carbonyl (C=O) groups excluding carboxylic acids is 1. The van der Waals surface area contributed by atoms with Crippen LogP contribution in [0.4, 0.5) is 11.9 Å². The fourth-order valence-corrected chi connectivity index (χ4v) is 8.23. The molecule has 0 fully saturated rings. The molecule has 11 nitrogen and oxygen atoms in total. The number of aromatic hydroxyl groups is 2. The number of nitrogens with zero attached hydrogens (tertiary/aromatic N) is 4. The van der Waals surface area contributed by atoms with Crippen LogP contribution < -0.4 is 20.9 Å². The van der Waals surface area contributed by atoms with Gasteiger partial charge in [0.2, 0.25) is 11.9 Å². The number of ether oxygens (including phenoxy) is 2. The number of hydrogen-bond donors (Lipinski definition) is 4. The lowest BCUT2D eigenvalue weighted by Crippen LogP contribution is -2.17. The molecule has 0 radical (unpaired) electrons. The van der Waals surface area contributed by atoms with Crippen molar-refractivity contribution in [3.05, 3.63) is 200 Å². The number of carbonyl (C=O) groups is 1. The van der Waals surface area contributed by atoms with E-state index in [4.69, 9.17) is 44.1 Å². The Kier molecular flexibility index (Phi) is 13.8. The van der Waals surface area contributed by atoms with Gasteiger partial charge in [-0.1, -0.05) is 134 Å². The standard InChI is InChI=1S/C53H46Cl2N6O5/c1-31(41-17-19-45(47(54)50(41)63)65-29-35-13-9-33(10-14-35)25-37-5-3-7-39(27-37)43-21-23-58-52(56)60-43)49(62)32(2)42-18-20-46(48(55)51(42)64)66-30-36-15-11-34(12-16-36)26-38-6-4-8-40(28-38)44-22-24-59-53(57)61-44/h3-24,27-28,31-32,63-64H,25-26,29-30H2,1-2H3,(H2,56,58,60)(H2,57,59,61). The number of halogens is 2. The predicted octanol–water partition coefficient (Wildman–Crippen LogP) is 11.3. The van der Waals surface area contributed by atoms with Gasteiger partial charge in [0.05, 0.1) is 11.4 Å². The first-order valence-electron chi connectivity index (χ1n) is 21.2. The van der Waals surface area contributed by atoms with Gasteiger partial charge in [-0.05, 0) is 82.6 Å². The molecule has 0 aliphatic rings. The maximum atomic E-state index is 13.8. The molecule has 13 heteroatoms. The molecule has 0 amide bonds. The average Bonchev–Trinajstić information content (AvgIpc) is 3.33. The minimum atomic E-state index is -0.780. The zero-order valence-electron chi connectivity index (χ0n) is 36.2. The number of phenolic OH excluding ortho intramolecular Hbond substituents is 2. The Balaban J connectivity index is 0.844. The first-order valence-corrected chi connectivity index (χ1v) is 22.0. The third-order valence-electron chi connectivity index (χ3n) is 11.5. The molecule has 0 spiro atoms. The van der Waals surface area contributed by atoms with Gasteiger partial charge in [0.25, 0.3) is 0 Å². The quantitative estimate of drug-likeness (QED) is 0.0724. The van der Waals surface area contributed by atoms with E-state index in [2.05, 4.69) is 44.2 Å². The lowest BCUT2D eigenvalue weighted by molar-refractivity contribution is -0.121. The second-order valence-electron chi connectivity index (χ2n) is 16.0. The van der Waals surface area contributed by atoms with Crippen LogP contribution in [-0.2, 0) is 30.8 Å². The zero-order valence-corrected chi connectivity index (χ0v) is 37.7. The largest absolute Gasteiger partial charge is 0.506 e. The first-order chi connectivity index (χ1) is 31.9. The van der Waals surface area contributed by atoms with Crippen LogP contribution in [-0.4, -0.2) is 35.9 Å². The summed E-state index contributed by atoms with van der Waals surface area (Å²) in [5.41, 5.74) is 22.0. The number of hydrogen-bond acceptors (Lipinski definition) is 11. The molecule has 2 heterocycles. The first kappa shape index (κ1) is 45.1. The van der Waals surface area contributed by atoms with Gasteiger partial charge >= 0.3 is 0 Å². The number of phenols is 2. The summed E-state index contributed by atoms with van der Waals surface area (Å²) in [5, 5.41) is 22.4. The van der Waals surface area contributed by atoms with Gasteiger partial charge in [0.1, 0.15) is 52.0 Å². The molecular weight excluding hydrogens is 872 g/mol. The highest BCUT2D eigenvalue weighted by Gasteiger charge is 2.29. The molecule has 8 rings (SSSR count). The molecule has 6 aromatic carbocycles. The average molecular weight is 918 g/mol. The Bertz CT molecular complexity index is 2820. The van der Waals surface area contributed by atoms with Gasteiger partial charge in [-0.25, -0.2) is 19.9 Å². The van der Waals surface area contributed by atoms with Crippen LogP contribution in [0.15, 0.2) is 146 Å². The highest BCUT2D eigenvalue weighted by molar-refractivity contribution is 6.34. The summed E-state index contributed by atoms with van der Waals surface area (Å²) in [6.45, 7) is 3.79. The number of rotatable bonds is 16. The summed E-state index contributed by atoms with van der Waals surface area (Å²) in [7, 11) is 0. The number of Topliss-reactive ketones (excluding diaryl/α,β-unsaturated/α-hetero) is 1. The summed E-state index contributed by atoms with van der Waals surface area (Å²) in [4.78, 5) is 30.5. The molecule has 2 atom stereocenters. The number of nitrogens with two attached hydrogens (primary N) is 2. The number of nitrogen functional groups attached to an aromatic ring is 2. The van der Waals surface area contributed by atoms with E-state index in [9.17, 15) is 15.0 Å². The van der Waals surface area contributed by atoms with E-state index >= 15 is 0 Å². The second-order valence-corrected chi connectivity index (χ2v) is 16.8. The second kappa shape index (κ2) is 20.1. The Morgan fingerprint density at radius 1 is 0.545 bits per heavy atom. The highest BCUT2D eigenvalue weighted by Crippen LogP contribution is 2.44. The Labute approximate surface area is 392 Å². The normalized spacial score (nSPS) is 12.1. The Hall–Kier alpha value is -7.47. The van der Waals surface area contributed by atoms with Crippen LogP contribution in [0.3, 0.4) is 0 Å². The summed E-state index contributed by atoms with van der Waals surface area (Å²) in [6, 6.07) is 42.6. The highest BCUT2D eigenvalue weighted by atomic mass is 35.5. The lowest BCUT2D eigenvalue weighted by atomic mass is 9.85. The minimum Gasteiger partial charge on any atom is -0.506 e. The molecule has 2 aromatic heterocycles. The van der Waals surface area contributed by atoms with Crippen molar-refractivity contribution >= 4 is 40.9 Å². The smallest absolute Gasteiger partial charge is 0.220 e. The summed E-state index contributed by atoms with van der Waals surface area (Å²) in [6.07, 6.45) is 4.73. The van der Waals surface area contributed by atoms with Crippen molar-refractivity contribution in [2.75, 3.05) is 11.5 Å². The number of benzene rings is 6. The van der Waals surface area contributed by atoms with Crippen LogP contribution in [0.2, 0.25) is 10.0 Å². The van der Waals surface area contributed by atoms with E-state index < -0.39 is 11.8 Å². The molecule has 332 valence electrons. The third-order valence-corrected chi connectivity index (χ3v) is 12.2. The van der Waals surface area contributed by atoms with E-state index in [1.807, 2.05) is 84.9 Å². The van der Waals surface area contributed by atoms with Crippen LogP contribution >= 0.6 is 23.2 Å². The van der Waals surface area contributed by atoms with Crippen molar-refractivity contribution in [3.8, 4) is 45.5 Å². The van der Waals surface area contributed by atoms with Crippen LogP contribution in [0.1, 0.15) is 70.2 Å². The maximum Gasteiger partial charge on any atom is 0.220 e. The van der Waals surface area contributed by atoms with Crippen molar-refractivity contribution < 1.29 is 24.5 Å². The Morgan fingerprint density at radius 3 is 1.33 bits per heavy atom. The topological polar surface area (TPSA) is 180 Å². The van der Waals surface area contributed by atoms with Crippen LogP contribution in [0, 0.1) is 0 Å². The fourth-order valence-electron chi connectivity index (χ4n) is 7.78. The summed E-state index contributed by atoms with van der Waals surface area (Å²) >= 11 is 13.2.